The van der Waals surface area contributed by atoms with Crippen molar-refractivity contribution < 1.29 is 33.3 Å². The third-order valence-corrected chi connectivity index (χ3v) is 4.74. The molecule has 0 bridgehead atoms. The summed E-state index contributed by atoms with van der Waals surface area (Å²) in [4.78, 5) is 24.6. The Morgan fingerprint density at radius 3 is 2.00 bits per heavy atom. The zero-order valence-electron chi connectivity index (χ0n) is 16.5. The molecule has 2 saturated heterocycles. The van der Waals surface area contributed by atoms with Gasteiger partial charge in [-0.1, -0.05) is 0 Å². The molecule has 2 heterocycles. The molecule has 0 aliphatic carbocycles. The molecule has 26 heavy (non-hydrogen) atoms. The summed E-state index contributed by atoms with van der Waals surface area (Å²) in [6.07, 6.45) is 2.61. The summed E-state index contributed by atoms with van der Waals surface area (Å²) in [6, 6.07) is 0. The number of carbonyl (C=O) groups excluding carboxylic acids is 2. The number of hydrogen-bond acceptors (Lipinski definition) is 7. The Balaban J connectivity index is 1.76. The van der Waals surface area contributed by atoms with Crippen LogP contribution in [0.25, 0.3) is 0 Å². The normalized spacial score (nSPS) is 28.0. The number of ether oxygens (including phenoxy) is 5. The number of hydrogen-bond donors (Lipinski definition) is 0. The van der Waals surface area contributed by atoms with Crippen molar-refractivity contribution in [3.8, 4) is 0 Å². The fourth-order valence-electron chi connectivity index (χ4n) is 3.39. The van der Waals surface area contributed by atoms with Gasteiger partial charge in [0.1, 0.15) is 11.7 Å². The number of carbonyl (C=O) groups is 2. The molecule has 0 aromatic heterocycles. The van der Waals surface area contributed by atoms with Gasteiger partial charge in [-0.2, -0.15) is 0 Å². The number of methoxy groups -OCH3 is 1. The van der Waals surface area contributed by atoms with E-state index in [1.165, 1.54) is 7.11 Å². The number of Topliss-reactive ketones (excluding diaryl/α,β-unsaturated/α-hetero) is 1. The molecule has 0 aromatic carbocycles. The van der Waals surface area contributed by atoms with E-state index in [1.807, 2.05) is 27.7 Å². The average molecular weight is 372 g/mol. The lowest BCUT2D eigenvalue weighted by atomic mass is 9.93. The van der Waals surface area contributed by atoms with E-state index < -0.39 is 23.5 Å². The van der Waals surface area contributed by atoms with Crippen LogP contribution in [0.4, 0.5) is 0 Å². The number of esters is 1. The SMILES string of the molecule is COC(=O)C(CC[C@H]1COC(C)(C)O1)C(=O)CCC[C@H]1COC(C)(C)O1. The summed E-state index contributed by atoms with van der Waals surface area (Å²) in [7, 11) is 1.31. The second-order valence-electron chi connectivity index (χ2n) is 7.91. The van der Waals surface area contributed by atoms with E-state index in [2.05, 4.69) is 0 Å². The lowest BCUT2D eigenvalue weighted by Crippen LogP contribution is -2.28. The van der Waals surface area contributed by atoms with Gasteiger partial charge in [0.25, 0.3) is 0 Å². The first-order chi connectivity index (χ1) is 12.1. The first kappa shape index (κ1) is 21.3. The van der Waals surface area contributed by atoms with Crippen molar-refractivity contribution in [3.05, 3.63) is 0 Å². The smallest absolute Gasteiger partial charge is 0.316 e. The molecule has 0 amide bonds. The Labute approximate surface area is 155 Å². The standard InChI is InChI=1S/C19H32O7/c1-18(2)23-11-13(25-18)7-6-8-16(20)15(17(21)22-5)10-9-14-12-24-19(3,4)26-14/h13-15H,6-12H2,1-5H3/t13-,14-,15?/m0/s1. The summed E-state index contributed by atoms with van der Waals surface area (Å²) in [5, 5.41) is 0. The molecule has 0 spiro atoms. The summed E-state index contributed by atoms with van der Waals surface area (Å²) in [5.41, 5.74) is 0. The van der Waals surface area contributed by atoms with E-state index in [0.29, 0.717) is 38.9 Å². The summed E-state index contributed by atoms with van der Waals surface area (Å²) in [6.45, 7) is 8.47. The zero-order valence-corrected chi connectivity index (χ0v) is 16.5. The number of rotatable bonds is 9. The van der Waals surface area contributed by atoms with Crippen LogP contribution in [0.15, 0.2) is 0 Å². The molecule has 0 N–H and O–H groups in total. The molecule has 7 heteroatoms. The molecule has 1 unspecified atom stereocenters. The summed E-state index contributed by atoms with van der Waals surface area (Å²) in [5.74, 6) is -2.47. The Morgan fingerprint density at radius 1 is 1.00 bits per heavy atom. The molecule has 2 aliphatic heterocycles. The van der Waals surface area contributed by atoms with Crippen LogP contribution in [0, 0.1) is 5.92 Å². The third-order valence-electron chi connectivity index (χ3n) is 4.74. The van der Waals surface area contributed by atoms with Crippen molar-refractivity contribution >= 4 is 11.8 Å². The van der Waals surface area contributed by atoms with Gasteiger partial charge in [0, 0.05) is 6.42 Å². The van der Waals surface area contributed by atoms with Crippen molar-refractivity contribution in [2.45, 2.75) is 83.6 Å². The van der Waals surface area contributed by atoms with Crippen LogP contribution >= 0.6 is 0 Å². The van der Waals surface area contributed by atoms with Crippen LogP contribution in [0.1, 0.15) is 59.8 Å². The number of ketones is 1. The van der Waals surface area contributed by atoms with Crippen molar-refractivity contribution in [3.63, 3.8) is 0 Å². The van der Waals surface area contributed by atoms with Gasteiger partial charge in [-0.15, -0.1) is 0 Å². The molecule has 2 rings (SSSR count). The van der Waals surface area contributed by atoms with Gasteiger partial charge in [-0.05, 0) is 53.4 Å². The predicted molar refractivity (Wildman–Crippen MR) is 93.4 cm³/mol. The second-order valence-corrected chi connectivity index (χ2v) is 7.91. The maximum atomic E-state index is 12.5. The van der Waals surface area contributed by atoms with Crippen LogP contribution in [0.5, 0.6) is 0 Å². The molecular weight excluding hydrogens is 340 g/mol. The van der Waals surface area contributed by atoms with Gasteiger partial charge >= 0.3 is 5.97 Å². The Kier molecular flexibility index (Phi) is 7.19. The van der Waals surface area contributed by atoms with Gasteiger partial charge in [-0.3, -0.25) is 9.59 Å². The van der Waals surface area contributed by atoms with Crippen molar-refractivity contribution in [2.24, 2.45) is 5.92 Å². The molecule has 2 fully saturated rings. The van der Waals surface area contributed by atoms with Gasteiger partial charge in [0.15, 0.2) is 11.6 Å². The fourth-order valence-corrected chi connectivity index (χ4v) is 3.39. The highest BCUT2D eigenvalue weighted by atomic mass is 16.7. The molecule has 3 atom stereocenters. The van der Waals surface area contributed by atoms with Crippen LogP contribution in [0.2, 0.25) is 0 Å². The maximum Gasteiger partial charge on any atom is 0.316 e. The van der Waals surface area contributed by atoms with Gasteiger partial charge < -0.3 is 23.7 Å². The monoisotopic (exact) mass is 372 g/mol. The topological polar surface area (TPSA) is 80.3 Å². The highest BCUT2D eigenvalue weighted by Gasteiger charge is 2.35. The minimum Gasteiger partial charge on any atom is -0.468 e. The largest absolute Gasteiger partial charge is 0.468 e. The van der Waals surface area contributed by atoms with Gasteiger partial charge in [0.05, 0.1) is 32.5 Å². The highest BCUT2D eigenvalue weighted by Crippen LogP contribution is 2.28. The predicted octanol–water partition coefficient (Wildman–Crippen LogP) is 2.60. The maximum absolute atomic E-state index is 12.5. The Bertz CT molecular complexity index is 500. The highest BCUT2D eigenvalue weighted by molar-refractivity contribution is 5.98. The Hall–Kier alpha value is -1.02. The summed E-state index contributed by atoms with van der Waals surface area (Å²) >= 11 is 0. The first-order valence-electron chi connectivity index (χ1n) is 9.36. The molecule has 0 radical (unpaired) electrons. The third kappa shape index (κ3) is 6.30. The Morgan fingerprint density at radius 2 is 1.54 bits per heavy atom. The van der Waals surface area contributed by atoms with Crippen LogP contribution < -0.4 is 0 Å². The van der Waals surface area contributed by atoms with Crippen LogP contribution in [-0.2, 0) is 33.3 Å². The average Bonchev–Trinajstić information content (AvgIpc) is 3.08. The van der Waals surface area contributed by atoms with Crippen molar-refractivity contribution in [1.29, 1.82) is 0 Å². The van der Waals surface area contributed by atoms with E-state index in [0.717, 1.165) is 6.42 Å². The molecule has 2 aliphatic rings. The molecule has 0 saturated carbocycles. The van der Waals surface area contributed by atoms with E-state index in [4.69, 9.17) is 23.7 Å². The molecular formula is C19H32O7. The first-order valence-corrected chi connectivity index (χ1v) is 9.36. The van der Waals surface area contributed by atoms with Crippen molar-refractivity contribution in [2.75, 3.05) is 20.3 Å². The summed E-state index contributed by atoms with van der Waals surface area (Å²) < 4.78 is 27.3. The quantitative estimate of drug-likeness (QED) is 0.454. The van der Waals surface area contributed by atoms with Crippen LogP contribution in [0.3, 0.4) is 0 Å². The zero-order chi connectivity index (χ0) is 19.4. The minimum absolute atomic E-state index is 0.000598. The minimum atomic E-state index is -0.746. The molecule has 0 aromatic rings. The van der Waals surface area contributed by atoms with Gasteiger partial charge in [-0.25, -0.2) is 0 Å². The fraction of sp³-hybridized carbons (Fsp3) is 0.895. The van der Waals surface area contributed by atoms with Crippen LogP contribution in [-0.4, -0.2) is 55.9 Å². The van der Waals surface area contributed by atoms with E-state index in [1.54, 1.807) is 0 Å². The van der Waals surface area contributed by atoms with E-state index in [9.17, 15) is 9.59 Å². The lowest BCUT2D eigenvalue weighted by molar-refractivity contribution is -0.150. The van der Waals surface area contributed by atoms with E-state index >= 15 is 0 Å². The molecule has 150 valence electrons. The van der Waals surface area contributed by atoms with Crippen molar-refractivity contribution in [1.82, 2.24) is 0 Å². The van der Waals surface area contributed by atoms with Gasteiger partial charge in [0.2, 0.25) is 0 Å². The van der Waals surface area contributed by atoms with E-state index in [-0.39, 0.29) is 18.0 Å². The second kappa shape index (κ2) is 8.78. The molecule has 7 nitrogen and oxygen atoms in total. The lowest BCUT2D eigenvalue weighted by Gasteiger charge is -2.19.